The van der Waals surface area contributed by atoms with Crippen LogP contribution in [0, 0.1) is 19.7 Å². The second kappa shape index (κ2) is 4.72. The molecule has 2 aromatic rings. The largest absolute Gasteiger partial charge is 0.298 e. The number of carbonyl (C=O) groups is 1. The maximum atomic E-state index is 13.1. The molecular weight excluding hydrogens is 231 g/mol. The Morgan fingerprint density at radius 1 is 1.39 bits per heavy atom. The first-order chi connectivity index (χ1) is 8.58. The van der Waals surface area contributed by atoms with E-state index in [-0.39, 0.29) is 0 Å². The van der Waals surface area contributed by atoms with E-state index in [1.165, 1.54) is 12.1 Å². The molecule has 94 valence electrons. The predicted molar refractivity (Wildman–Crippen MR) is 68.2 cm³/mol. The lowest BCUT2D eigenvalue weighted by Crippen LogP contribution is -1.99. The summed E-state index contributed by atoms with van der Waals surface area (Å²) in [6, 6.07) is 4.26. The highest BCUT2D eigenvalue weighted by Gasteiger charge is 2.15. The second-order valence-electron chi connectivity index (χ2n) is 4.21. The van der Waals surface area contributed by atoms with Gasteiger partial charge in [-0.1, -0.05) is 6.07 Å². The highest BCUT2D eigenvalue weighted by atomic mass is 19.1. The van der Waals surface area contributed by atoms with Gasteiger partial charge in [-0.2, -0.15) is 5.10 Å². The standard InChI is InChI=1S/C14H15FN2O/c1-4-17-10(3)14(9(2)16-17)13-6-5-12(15)7-11(13)8-18/h5-8H,4H2,1-3H3. The van der Waals surface area contributed by atoms with Gasteiger partial charge in [0, 0.05) is 23.4 Å². The van der Waals surface area contributed by atoms with E-state index < -0.39 is 5.82 Å². The second-order valence-corrected chi connectivity index (χ2v) is 4.21. The number of halogens is 1. The molecule has 2 rings (SSSR count). The quantitative estimate of drug-likeness (QED) is 0.780. The fraction of sp³-hybridized carbons (Fsp3) is 0.286. The van der Waals surface area contributed by atoms with Crippen molar-refractivity contribution in [1.29, 1.82) is 0 Å². The van der Waals surface area contributed by atoms with Crippen molar-refractivity contribution in [2.24, 2.45) is 0 Å². The summed E-state index contributed by atoms with van der Waals surface area (Å²) in [6.45, 7) is 6.63. The Hall–Kier alpha value is -1.97. The SMILES string of the molecule is CCn1nc(C)c(-c2ccc(F)cc2C=O)c1C. The van der Waals surface area contributed by atoms with Crippen LogP contribution in [0.5, 0.6) is 0 Å². The van der Waals surface area contributed by atoms with Gasteiger partial charge in [0.1, 0.15) is 5.82 Å². The number of aromatic nitrogens is 2. The highest BCUT2D eigenvalue weighted by molar-refractivity contribution is 5.88. The van der Waals surface area contributed by atoms with Crippen molar-refractivity contribution in [3.8, 4) is 11.1 Å². The molecule has 1 aromatic carbocycles. The van der Waals surface area contributed by atoms with Gasteiger partial charge in [0.05, 0.1) is 5.69 Å². The predicted octanol–water partition coefficient (Wildman–Crippen LogP) is 3.14. The first kappa shape index (κ1) is 12.5. The molecule has 0 saturated carbocycles. The third-order valence-electron chi connectivity index (χ3n) is 3.09. The van der Waals surface area contributed by atoms with Crippen molar-refractivity contribution in [1.82, 2.24) is 9.78 Å². The smallest absolute Gasteiger partial charge is 0.150 e. The molecule has 0 spiro atoms. The van der Waals surface area contributed by atoms with Crippen molar-refractivity contribution >= 4 is 6.29 Å². The van der Waals surface area contributed by atoms with Crippen LogP contribution in [0.2, 0.25) is 0 Å². The van der Waals surface area contributed by atoms with E-state index >= 15 is 0 Å². The van der Waals surface area contributed by atoms with Crippen molar-refractivity contribution in [2.75, 3.05) is 0 Å². The van der Waals surface area contributed by atoms with Crippen LogP contribution in [0.15, 0.2) is 18.2 Å². The van der Waals surface area contributed by atoms with Crippen LogP contribution in [-0.2, 0) is 6.54 Å². The minimum absolute atomic E-state index is 0.358. The van der Waals surface area contributed by atoms with E-state index in [0.29, 0.717) is 11.8 Å². The van der Waals surface area contributed by atoms with Gasteiger partial charge in [-0.25, -0.2) is 4.39 Å². The Kier molecular flexibility index (Phi) is 3.28. The molecule has 3 nitrogen and oxygen atoms in total. The molecule has 0 amide bonds. The van der Waals surface area contributed by atoms with E-state index in [9.17, 15) is 9.18 Å². The summed E-state index contributed by atoms with van der Waals surface area (Å²) in [4.78, 5) is 11.1. The summed E-state index contributed by atoms with van der Waals surface area (Å²) in [5, 5.41) is 4.41. The van der Waals surface area contributed by atoms with Gasteiger partial charge in [-0.3, -0.25) is 9.48 Å². The summed E-state index contributed by atoms with van der Waals surface area (Å²) in [5.41, 5.74) is 3.85. The molecule has 1 aromatic heterocycles. The first-order valence-corrected chi connectivity index (χ1v) is 5.87. The molecule has 1 heterocycles. The van der Waals surface area contributed by atoms with Crippen LogP contribution in [-0.4, -0.2) is 16.1 Å². The molecule has 0 bridgehead atoms. The van der Waals surface area contributed by atoms with Gasteiger partial charge in [0.15, 0.2) is 6.29 Å². The van der Waals surface area contributed by atoms with E-state index in [0.717, 1.165) is 29.1 Å². The Morgan fingerprint density at radius 3 is 2.67 bits per heavy atom. The zero-order chi connectivity index (χ0) is 13.3. The molecule has 0 saturated heterocycles. The highest BCUT2D eigenvalue weighted by Crippen LogP contribution is 2.29. The van der Waals surface area contributed by atoms with Crippen LogP contribution in [0.25, 0.3) is 11.1 Å². The third-order valence-corrected chi connectivity index (χ3v) is 3.09. The normalized spacial score (nSPS) is 10.7. The molecule has 0 atom stereocenters. The number of benzene rings is 1. The molecule has 0 aliphatic carbocycles. The van der Waals surface area contributed by atoms with Gasteiger partial charge >= 0.3 is 0 Å². The monoisotopic (exact) mass is 246 g/mol. The van der Waals surface area contributed by atoms with E-state index in [4.69, 9.17) is 0 Å². The van der Waals surface area contributed by atoms with Crippen LogP contribution in [0.4, 0.5) is 4.39 Å². The molecular formula is C14H15FN2O. The minimum Gasteiger partial charge on any atom is -0.298 e. The van der Waals surface area contributed by atoms with Crippen molar-refractivity contribution in [3.05, 3.63) is 41.0 Å². The first-order valence-electron chi connectivity index (χ1n) is 5.87. The Labute approximate surface area is 105 Å². The van der Waals surface area contributed by atoms with Crippen molar-refractivity contribution in [2.45, 2.75) is 27.3 Å². The topological polar surface area (TPSA) is 34.9 Å². The van der Waals surface area contributed by atoms with Crippen LogP contribution in [0.1, 0.15) is 28.7 Å². The van der Waals surface area contributed by atoms with E-state index in [1.807, 2.05) is 25.5 Å². The molecule has 0 radical (unpaired) electrons. The molecule has 18 heavy (non-hydrogen) atoms. The average molecular weight is 246 g/mol. The summed E-state index contributed by atoms with van der Waals surface area (Å²) in [5.74, 6) is -0.404. The molecule has 0 aliphatic rings. The minimum atomic E-state index is -0.404. The fourth-order valence-corrected chi connectivity index (χ4v) is 2.25. The molecule has 0 fully saturated rings. The summed E-state index contributed by atoms with van der Waals surface area (Å²) in [6.07, 6.45) is 0.681. The van der Waals surface area contributed by atoms with Crippen molar-refractivity contribution < 1.29 is 9.18 Å². The van der Waals surface area contributed by atoms with Crippen LogP contribution >= 0.6 is 0 Å². The number of rotatable bonds is 3. The Bertz CT molecular complexity index is 602. The maximum Gasteiger partial charge on any atom is 0.150 e. The van der Waals surface area contributed by atoms with E-state index in [2.05, 4.69) is 5.10 Å². The van der Waals surface area contributed by atoms with Crippen LogP contribution < -0.4 is 0 Å². The third kappa shape index (κ3) is 1.94. The fourth-order valence-electron chi connectivity index (χ4n) is 2.25. The van der Waals surface area contributed by atoms with Crippen LogP contribution in [0.3, 0.4) is 0 Å². The Morgan fingerprint density at radius 2 is 2.11 bits per heavy atom. The lowest BCUT2D eigenvalue weighted by Gasteiger charge is -2.06. The van der Waals surface area contributed by atoms with Crippen molar-refractivity contribution in [3.63, 3.8) is 0 Å². The number of aldehydes is 1. The number of hydrogen-bond donors (Lipinski definition) is 0. The number of aryl methyl sites for hydroxylation is 2. The van der Waals surface area contributed by atoms with Gasteiger partial charge in [0.2, 0.25) is 0 Å². The Balaban J connectivity index is 2.69. The summed E-state index contributed by atoms with van der Waals surface area (Å²) < 4.78 is 15.0. The van der Waals surface area contributed by atoms with Gasteiger partial charge in [-0.05, 0) is 38.5 Å². The lowest BCUT2D eigenvalue weighted by atomic mass is 9.98. The molecule has 4 heteroatoms. The average Bonchev–Trinajstić information content (AvgIpc) is 2.64. The molecule has 0 N–H and O–H groups in total. The number of hydrogen-bond acceptors (Lipinski definition) is 2. The van der Waals surface area contributed by atoms with Gasteiger partial charge < -0.3 is 0 Å². The zero-order valence-electron chi connectivity index (χ0n) is 10.7. The summed E-state index contributed by atoms with van der Waals surface area (Å²) in [7, 11) is 0. The molecule has 0 aliphatic heterocycles. The van der Waals surface area contributed by atoms with E-state index in [1.54, 1.807) is 6.07 Å². The van der Waals surface area contributed by atoms with Gasteiger partial charge in [-0.15, -0.1) is 0 Å². The number of carbonyl (C=O) groups excluding carboxylic acids is 1. The number of nitrogens with zero attached hydrogens (tertiary/aromatic N) is 2. The zero-order valence-corrected chi connectivity index (χ0v) is 10.7. The lowest BCUT2D eigenvalue weighted by molar-refractivity contribution is 0.112. The van der Waals surface area contributed by atoms with Gasteiger partial charge in [0.25, 0.3) is 0 Å². The summed E-state index contributed by atoms with van der Waals surface area (Å²) >= 11 is 0. The maximum absolute atomic E-state index is 13.1. The molecule has 0 unspecified atom stereocenters.